The van der Waals surface area contributed by atoms with Crippen molar-refractivity contribution < 1.29 is 9.53 Å². The summed E-state index contributed by atoms with van der Waals surface area (Å²) >= 11 is 1.40. The van der Waals surface area contributed by atoms with Gasteiger partial charge in [-0.05, 0) is 50.6 Å². The van der Waals surface area contributed by atoms with E-state index in [4.69, 9.17) is 4.74 Å². The zero-order valence-electron chi connectivity index (χ0n) is 15.2. The summed E-state index contributed by atoms with van der Waals surface area (Å²) in [6.07, 6.45) is 0.980. The number of hydrogen-bond acceptors (Lipinski definition) is 5. The highest BCUT2D eigenvalue weighted by Crippen LogP contribution is 2.27. The van der Waals surface area contributed by atoms with Crippen LogP contribution >= 0.6 is 11.3 Å². The van der Waals surface area contributed by atoms with E-state index in [1.807, 2.05) is 43.5 Å². The third-order valence-electron chi connectivity index (χ3n) is 3.78. The van der Waals surface area contributed by atoms with Crippen LogP contribution in [0.2, 0.25) is 0 Å². The second kappa shape index (κ2) is 8.14. The highest BCUT2D eigenvalue weighted by molar-refractivity contribution is 7.14. The van der Waals surface area contributed by atoms with E-state index >= 15 is 0 Å². The lowest BCUT2D eigenvalue weighted by Gasteiger charge is -2.05. The first-order valence-electron chi connectivity index (χ1n) is 8.65. The standard InChI is InChI=1S/C19H22N4O2S/c1-4-10-25-15-8-6-14(7-9-15)16-12-26-19(20-16)21-18(24)17-11-13(3)22-23(17)5-2/h6-9,11-12H,4-5,10H2,1-3H3,(H,20,21,24). The van der Waals surface area contributed by atoms with Gasteiger partial charge in [-0.25, -0.2) is 4.98 Å². The normalized spacial score (nSPS) is 10.7. The maximum Gasteiger partial charge on any atom is 0.275 e. The van der Waals surface area contributed by atoms with Gasteiger partial charge in [0.25, 0.3) is 5.91 Å². The molecule has 0 unspecified atom stereocenters. The summed E-state index contributed by atoms with van der Waals surface area (Å²) in [5.74, 6) is 0.652. The van der Waals surface area contributed by atoms with Gasteiger partial charge in [0.15, 0.2) is 5.13 Å². The SMILES string of the molecule is CCCOc1ccc(-c2csc(NC(=O)c3cc(C)nn3CC)n2)cc1. The molecule has 7 heteroatoms. The molecule has 0 fully saturated rings. The van der Waals surface area contributed by atoms with E-state index in [2.05, 4.69) is 22.3 Å². The molecule has 0 aliphatic heterocycles. The topological polar surface area (TPSA) is 69.0 Å². The van der Waals surface area contributed by atoms with Crippen LogP contribution in [-0.2, 0) is 6.54 Å². The highest BCUT2D eigenvalue weighted by Gasteiger charge is 2.15. The number of hydrogen-bond donors (Lipinski definition) is 1. The van der Waals surface area contributed by atoms with Gasteiger partial charge in [0, 0.05) is 17.5 Å². The highest BCUT2D eigenvalue weighted by atomic mass is 32.1. The summed E-state index contributed by atoms with van der Waals surface area (Å²) in [6, 6.07) is 9.60. The molecule has 1 aromatic carbocycles. The van der Waals surface area contributed by atoms with E-state index in [-0.39, 0.29) is 5.91 Å². The zero-order valence-corrected chi connectivity index (χ0v) is 16.0. The monoisotopic (exact) mass is 370 g/mol. The largest absolute Gasteiger partial charge is 0.494 e. The van der Waals surface area contributed by atoms with E-state index in [9.17, 15) is 4.79 Å². The van der Waals surface area contributed by atoms with E-state index < -0.39 is 0 Å². The molecule has 6 nitrogen and oxygen atoms in total. The first-order chi connectivity index (χ1) is 12.6. The van der Waals surface area contributed by atoms with E-state index in [1.54, 1.807) is 10.7 Å². The maximum absolute atomic E-state index is 12.5. The number of amides is 1. The number of aryl methyl sites for hydroxylation is 2. The number of aromatic nitrogens is 3. The van der Waals surface area contributed by atoms with Crippen LogP contribution in [0.3, 0.4) is 0 Å². The molecule has 0 bridgehead atoms. The molecule has 3 aromatic rings. The van der Waals surface area contributed by atoms with Gasteiger partial charge in [0.1, 0.15) is 11.4 Å². The number of carbonyl (C=O) groups is 1. The minimum atomic E-state index is -0.198. The molecule has 3 rings (SSSR count). The number of carbonyl (C=O) groups excluding carboxylic acids is 1. The molecule has 0 atom stereocenters. The number of nitrogens with zero attached hydrogens (tertiary/aromatic N) is 3. The van der Waals surface area contributed by atoms with Crippen molar-refractivity contribution in [3.63, 3.8) is 0 Å². The number of thiazole rings is 1. The van der Waals surface area contributed by atoms with E-state index in [0.717, 1.165) is 29.1 Å². The van der Waals surface area contributed by atoms with E-state index in [0.29, 0.717) is 24.0 Å². The smallest absolute Gasteiger partial charge is 0.275 e. The predicted molar refractivity (Wildman–Crippen MR) is 104 cm³/mol. The fraction of sp³-hybridized carbons (Fsp3) is 0.316. The summed E-state index contributed by atoms with van der Waals surface area (Å²) < 4.78 is 7.28. The number of ether oxygens (including phenoxy) is 1. The second-order valence-corrected chi connectivity index (χ2v) is 6.71. The van der Waals surface area contributed by atoms with Crippen molar-refractivity contribution in [3.8, 4) is 17.0 Å². The van der Waals surface area contributed by atoms with Crippen molar-refractivity contribution in [2.24, 2.45) is 0 Å². The van der Waals surface area contributed by atoms with Gasteiger partial charge in [-0.3, -0.25) is 14.8 Å². The van der Waals surface area contributed by atoms with Crippen LogP contribution in [0, 0.1) is 6.92 Å². The summed E-state index contributed by atoms with van der Waals surface area (Å²) in [4.78, 5) is 17.0. The van der Waals surface area contributed by atoms with Gasteiger partial charge < -0.3 is 4.74 Å². The minimum absolute atomic E-state index is 0.198. The van der Waals surface area contributed by atoms with Gasteiger partial charge >= 0.3 is 0 Å². The van der Waals surface area contributed by atoms with Gasteiger partial charge in [0.2, 0.25) is 0 Å². The minimum Gasteiger partial charge on any atom is -0.494 e. The molecule has 2 aromatic heterocycles. The zero-order chi connectivity index (χ0) is 18.5. The van der Waals surface area contributed by atoms with Crippen LogP contribution < -0.4 is 10.1 Å². The van der Waals surface area contributed by atoms with Crippen LogP contribution in [-0.4, -0.2) is 27.3 Å². The first-order valence-corrected chi connectivity index (χ1v) is 9.53. The van der Waals surface area contributed by atoms with E-state index in [1.165, 1.54) is 11.3 Å². The molecular formula is C19H22N4O2S. The van der Waals surface area contributed by atoms with Crippen molar-refractivity contribution in [2.75, 3.05) is 11.9 Å². The van der Waals surface area contributed by atoms with Crippen molar-refractivity contribution in [3.05, 3.63) is 47.1 Å². The summed E-state index contributed by atoms with van der Waals surface area (Å²) in [5, 5.41) is 9.66. The van der Waals surface area contributed by atoms with Crippen molar-refractivity contribution in [2.45, 2.75) is 33.7 Å². The second-order valence-electron chi connectivity index (χ2n) is 5.85. The Kier molecular flexibility index (Phi) is 5.68. The fourth-order valence-electron chi connectivity index (χ4n) is 2.54. The molecule has 0 aliphatic carbocycles. The fourth-order valence-corrected chi connectivity index (χ4v) is 3.25. The third kappa shape index (κ3) is 4.11. The Morgan fingerprint density at radius 2 is 2.04 bits per heavy atom. The van der Waals surface area contributed by atoms with Crippen LogP contribution in [0.15, 0.2) is 35.7 Å². The molecule has 1 amide bonds. The predicted octanol–water partition coefficient (Wildman–Crippen LogP) is 4.38. The summed E-state index contributed by atoms with van der Waals surface area (Å²) in [6.45, 7) is 7.26. The summed E-state index contributed by atoms with van der Waals surface area (Å²) in [7, 11) is 0. The van der Waals surface area contributed by atoms with Crippen LogP contribution in [0.25, 0.3) is 11.3 Å². The Balaban J connectivity index is 1.70. The van der Waals surface area contributed by atoms with Crippen LogP contribution in [0.5, 0.6) is 5.75 Å². The Morgan fingerprint density at radius 1 is 1.27 bits per heavy atom. The van der Waals surface area contributed by atoms with Gasteiger partial charge in [-0.1, -0.05) is 6.92 Å². The summed E-state index contributed by atoms with van der Waals surface area (Å²) in [5.41, 5.74) is 3.17. The molecule has 0 aliphatic rings. The molecule has 0 spiro atoms. The molecular weight excluding hydrogens is 348 g/mol. The molecule has 136 valence electrons. The first kappa shape index (κ1) is 18.1. The molecule has 1 N–H and O–H groups in total. The van der Waals surface area contributed by atoms with Crippen LogP contribution in [0.4, 0.5) is 5.13 Å². The number of anilines is 1. The average Bonchev–Trinajstić information content (AvgIpc) is 3.26. The van der Waals surface area contributed by atoms with Crippen molar-refractivity contribution in [1.29, 1.82) is 0 Å². The average molecular weight is 370 g/mol. The van der Waals surface area contributed by atoms with Crippen LogP contribution in [0.1, 0.15) is 36.5 Å². The number of benzene rings is 1. The quantitative estimate of drug-likeness (QED) is 0.670. The molecule has 0 saturated carbocycles. The van der Waals surface area contributed by atoms with Gasteiger partial charge in [-0.15, -0.1) is 11.3 Å². The lowest BCUT2D eigenvalue weighted by Crippen LogP contribution is -2.17. The molecule has 0 saturated heterocycles. The Labute approximate surface area is 156 Å². The molecule has 26 heavy (non-hydrogen) atoms. The van der Waals surface area contributed by atoms with Gasteiger partial charge in [0.05, 0.1) is 18.0 Å². The lowest BCUT2D eigenvalue weighted by molar-refractivity contribution is 0.101. The Hall–Kier alpha value is -2.67. The Morgan fingerprint density at radius 3 is 2.73 bits per heavy atom. The molecule has 0 radical (unpaired) electrons. The van der Waals surface area contributed by atoms with Gasteiger partial charge in [-0.2, -0.15) is 5.10 Å². The van der Waals surface area contributed by atoms with Crippen molar-refractivity contribution >= 4 is 22.4 Å². The van der Waals surface area contributed by atoms with Crippen molar-refractivity contribution in [1.82, 2.24) is 14.8 Å². The maximum atomic E-state index is 12.5. The third-order valence-corrected chi connectivity index (χ3v) is 4.54. The number of rotatable bonds is 7. The molecule has 2 heterocycles. The lowest BCUT2D eigenvalue weighted by atomic mass is 10.2. The Bertz CT molecular complexity index is 883. The number of nitrogens with one attached hydrogen (secondary N) is 1.